The van der Waals surface area contributed by atoms with Crippen molar-refractivity contribution in [3.8, 4) is 0 Å². The molecule has 0 unspecified atom stereocenters. The fraction of sp³-hybridized carbons (Fsp3) is 0.467. The highest BCUT2D eigenvalue weighted by Gasteiger charge is 2.19. The van der Waals surface area contributed by atoms with Crippen LogP contribution in [0.2, 0.25) is 0 Å². The van der Waals surface area contributed by atoms with Crippen molar-refractivity contribution in [2.45, 2.75) is 26.3 Å². The minimum absolute atomic E-state index is 0.105. The maximum absolute atomic E-state index is 11.9. The fourth-order valence-corrected chi connectivity index (χ4v) is 2.63. The number of hydrogen-bond donors (Lipinski definition) is 1. The molecule has 2 aromatic rings. The Morgan fingerprint density at radius 2 is 2.26 bits per heavy atom. The number of aromatic nitrogens is 3. The lowest BCUT2D eigenvalue weighted by atomic mass is 10.1. The molecule has 1 N–H and O–H groups in total. The normalized spacial score (nSPS) is 14.5. The van der Waals surface area contributed by atoms with Gasteiger partial charge in [-0.15, -0.1) is 0 Å². The molecule has 0 fully saturated rings. The summed E-state index contributed by atoms with van der Waals surface area (Å²) in [5, 5.41) is 10.7. The topological polar surface area (TPSA) is 93.3 Å². The molecule has 8 heteroatoms. The van der Waals surface area contributed by atoms with Crippen molar-refractivity contribution in [2.75, 3.05) is 18.4 Å². The van der Waals surface area contributed by atoms with Crippen LogP contribution in [0.4, 0.5) is 5.82 Å². The molecule has 0 aromatic carbocycles. The number of fused-ring (bicyclic) bond motifs is 1. The van der Waals surface area contributed by atoms with Gasteiger partial charge in [-0.25, -0.2) is 4.68 Å². The van der Waals surface area contributed by atoms with Crippen LogP contribution in [0.25, 0.3) is 0 Å². The minimum atomic E-state index is -0.107. The predicted molar refractivity (Wildman–Crippen MR) is 82.9 cm³/mol. The van der Waals surface area contributed by atoms with Gasteiger partial charge in [-0.2, -0.15) is 5.10 Å². The first-order chi connectivity index (χ1) is 11.0. The summed E-state index contributed by atoms with van der Waals surface area (Å²) in [6.45, 7) is 3.87. The molecule has 2 aromatic heterocycles. The Bertz CT molecular complexity index is 780. The molecule has 3 heterocycles. The van der Waals surface area contributed by atoms with Gasteiger partial charge in [0.05, 0.1) is 5.69 Å². The maximum Gasteiger partial charge on any atom is 0.266 e. The summed E-state index contributed by atoms with van der Waals surface area (Å²) in [6.07, 6.45) is 1.15. The van der Waals surface area contributed by atoms with Crippen molar-refractivity contribution in [2.24, 2.45) is 7.05 Å². The molecule has 3 rings (SSSR count). The Hall–Kier alpha value is -2.48. The summed E-state index contributed by atoms with van der Waals surface area (Å²) in [4.78, 5) is 25.7. The number of aryl methyl sites for hydroxylation is 2. The minimum Gasteiger partial charge on any atom is -0.360 e. The first-order valence-electron chi connectivity index (χ1n) is 7.53. The van der Waals surface area contributed by atoms with E-state index in [-0.39, 0.29) is 11.5 Å². The van der Waals surface area contributed by atoms with Crippen LogP contribution in [0.5, 0.6) is 0 Å². The second kappa shape index (κ2) is 6.33. The van der Waals surface area contributed by atoms with E-state index in [0.717, 1.165) is 24.2 Å². The average molecular weight is 317 g/mol. The molecule has 0 atom stereocenters. The van der Waals surface area contributed by atoms with E-state index in [9.17, 15) is 9.59 Å². The van der Waals surface area contributed by atoms with E-state index < -0.39 is 0 Å². The van der Waals surface area contributed by atoms with E-state index in [1.807, 2.05) is 0 Å². The highest BCUT2D eigenvalue weighted by atomic mass is 16.5. The Kier molecular flexibility index (Phi) is 4.24. The third-order valence-corrected chi connectivity index (χ3v) is 3.87. The Balaban J connectivity index is 1.54. The van der Waals surface area contributed by atoms with Gasteiger partial charge in [0.15, 0.2) is 5.82 Å². The van der Waals surface area contributed by atoms with Gasteiger partial charge in [0, 0.05) is 51.7 Å². The van der Waals surface area contributed by atoms with Crippen molar-refractivity contribution < 1.29 is 9.32 Å². The Labute approximate surface area is 133 Å². The van der Waals surface area contributed by atoms with Gasteiger partial charge in [0.1, 0.15) is 5.76 Å². The number of rotatable bonds is 4. The van der Waals surface area contributed by atoms with E-state index in [4.69, 9.17) is 4.52 Å². The van der Waals surface area contributed by atoms with Gasteiger partial charge in [-0.1, -0.05) is 5.16 Å². The van der Waals surface area contributed by atoms with Crippen LogP contribution in [0, 0.1) is 6.92 Å². The number of nitrogens with one attached hydrogen (secondary N) is 1. The van der Waals surface area contributed by atoms with Crippen molar-refractivity contribution in [3.63, 3.8) is 0 Å². The third kappa shape index (κ3) is 3.65. The lowest BCUT2D eigenvalue weighted by molar-refractivity contribution is -0.116. The first-order valence-corrected chi connectivity index (χ1v) is 7.53. The number of nitrogens with zero attached hydrogens (tertiary/aromatic N) is 4. The number of amides is 1. The molecular formula is C15H19N5O3. The molecule has 0 saturated carbocycles. The van der Waals surface area contributed by atoms with Gasteiger partial charge in [-0.3, -0.25) is 14.5 Å². The van der Waals surface area contributed by atoms with E-state index in [1.165, 1.54) is 4.68 Å². The number of carbonyl (C=O) groups is 1. The summed E-state index contributed by atoms with van der Waals surface area (Å²) in [5.41, 5.74) is 1.81. The highest BCUT2D eigenvalue weighted by Crippen LogP contribution is 2.15. The SMILES string of the molecule is Cc1cc(NC(=O)CCN2CCc3nn(C)c(=O)cc3C2)no1. The molecule has 1 amide bonds. The van der Waals surface area contributed by atoms with Crippen LogP contribution < -0.4 is 10.9 Å². The third-order valence-electron chi connectivity index (χ3n) is 3.87. The average Bonchev–Trinajstić information content (AvgIpc) is 2.91. The van der Waals surface area contributed by atoms with Crippen LogP contribution in [0.1, 0.15) is 23.4 Å². The summed E-state index contributed by atoms with van der Waals surface area (Å²) in [7, 11) is 1.66. The van der Waals surface area contributed by atoms with Crippen LogP contribution in [0.3, 0.4) is 0 Å². The highest BCUT2D eigenvalue weighted by molar-refractivity contribution is 5.89. The second-order valence-electron chi connectivity index (χ2n) is 5.73. The zero-order valence-corrected chi connectivity index (χ0v) is 13.2. The Morgan fingerprint density at radius 3 is 3.00 bits per heavy atom. The van der Waals surface area contributed by atoms with Crippen molar-refractivity contribution in [1.29, 1.82) is 0 Å². The lowest BCUT2D eigenvalue weighted by Gasteiger charge is -2.27. The van der Waals surface area contributed by atoms with E-state index in [0.29, 0.717) is 31.1 Å². The molecule has 0 saturated heterocycles. The second-order valence-corrected chi connectivity index (χ2v) is 5.73. The molecular weight excluding hydrogens is 298 g/mol. The maximum atomic E-state index is 11.9. The van der Waals surface area contributed by atoms with Crippen molar-refractivity contribution >= 4 is 11.7 Å². The molecule has 0 aliphatic carbocycles. The zero-order chi connectivity index (χ0) is 16.4. The number of anilines is 1. The standard InChI is InChI=1S/C15H19N5O3/c1-10-7-13(18-23-10)16-14(21)4-6-20-5-3-12-11(9-20)8-15(22)19(2)17-12/h7-8H,3-6,9H2,1-2H3,(H,16,18,21). The van der Waals surface area contributed by atoms with E-state index in [1.54, 1.807) is 26.1 Å². The van der Waals surface area contributed by atoms with Gasteiger partial charge in [-0.05, 0) is 12.5 Å². The van der Waals surface area contributed by atoms with Gasteiger partial charge < -0.3 is 9.84 Å². The summed E-state index contributed by atoms with van der Waals surface area (Å²) in [6, 6.07) is 3.31. The van der Waals surface area contributed by atoms with Crippen molar-refractivity contribution in [3.05, 3.63) is 39.5 Å². The summed E-state index contributed by atoms with van der Waals surface area (Å²) in [5.74, 6) is 0.984. The fourth-order valence-electron chi connectivity index (χ4n) is 2.63. The first kappa shape index (κ1) is 15.4. The molecule has 8 nitrogen and oxygen atoms in total. The van der Waals surface area contributed by atoms with Crippen LogP contribution in [-0.4, -0.2) is 38.8 Å². The Morgan fingerprint density at radius 1 is 1.43 bits per heavy atom. The van der Waals surface area contributed by atoms with Crippen LogP contribution in [-0.2, 0) is 24.8 Å². The van der Waals surface area contributed by atoms with E-state index in [2.05, 4.69) is 20.5 Å². The predicted octanol–water partition coefficient (Wildman–Crippen LogP) is 0.464. The number of carbonyl (C=O) groups excluding carboxylic acids is 1. The quantitative estimate of drug-likeness (QED) is 0.881. The smallest absolute Gasteiger partial charge is 0.266 e. The molecule has 23 heavy (non-hydrogen) atoms. The molecule has 122 valence electrons. The molecule has 1 aliphatic rings. The monoisotopic (exact) mass is 317 g/mol. The van der Waals surface area contributed by atoms with Gasteiger partial charge >= 0.3 is 0 Å². The van der Waals surface area contributed by atoms with Crippen LogP contribution >= 0.6 is 0 Å². The zero-order valence-electron chi connectivity index (χ0n) is 13.2. The molecule has 1 aliphatic heterocycles. The molecule has 0 radical (unpaired) electrons. The summed E-state index contributed by atoms with van der Waals surface area (Å²) < 4.78 is 6.27. The van der Waals surface area contributed by atoms with Crippen LogP contribution in [0.15, 0.2) is 21.5 Å². The lowest BCUT2D eigenvalue weighted by Crippen LogP contribution is -2.36. The molecule has 0 spiro atoms. The molecule has 0 bridgehead atoms. The summed E-state index contributed by atoms with van der Waals surface area (Å²) >= 11 is 0. The van der Waals surface area contributed by atoms with Crippen molar-refractivity contribution in [1.82, 2.24) is 19.8 Å². The largest absolute Gasteiger partial charge is 0.360 e. The van der Waals surface area contributed by atoms with Gasteiger partial charge in [0.2, 0.25) is 5.91 Å². The number of hydrogen-bond acceptors (Lipinski definition) is 6. The van der Waals surface area contributed by atoms with Gasteiger partial charge in [0.25, 0.3) is 5.56 Å². The van der Waals surface area contributed by atoms with E-state index >= 15 is 0 Å².